The van der Waals surface area contributed by atoms with E-state index in [-0.39, 0.29) is 11.8 Å². The molecule has 0 bridgehead atoms. The molecule has 0 spiro atoms. The highest BCUT2D eigenvalue weighted by Gasteiger charge is 2.39. The minimum Gasteiger partial charge on any atom is -0.326 e. The second-order valence-electron chi connectivity index (χ2n) is 8.55. The summed E-state index contributed by atoms with van der Waals surface area (Å²) in [4.78, 5) is 25.9. The van der Waals surface area contributed by atoms with Crippen LogP contribution in [0.25, 0.3) is 0 Å². The van der Waals surface area contributed by atoms with Crippen LogP contribution in [0.3, 0.4) is 0 Å². The van der Waals surface area contributed by atoms with Gasteiger partial charge in [-0.1, -0.05) is 23.8 Å². The summed E-state index contributed by atoms with van der Waals surface area (Å²) >= 11 is 5.90. The maximum absolute atomic E-state index is 13.0. The number of hydrogen-bond donors (Lipinski definition) is 4. The third-order valence-electron chi connectivity index (χ3n) is 6.09. The second-order valence-corrected chi connectivity index (χ2v) is 11.1. The average Bonchev–Trinajstić information content (AvgIpc) is 3.18. The van der Waals surface area contributed by atoms with E-state index in [0.717, 1.165) is 18.4 Å². The number of anilines is 3. The number of halogens is 1. The quantitative estimate of drug-likeness (QED) is 0.399. The van der Waals surface area contributed by atoms with Crippen molar-refractivity contribution in [3.8, 4) is 0 Å². The van der Waals surface area contributed by atoms with Crippen molar-refractivity contribution in [2.45, 2.75) is 25.7 Å². The largest absolute Gasteiger partial charge is 0.326 e. The fraction of sp³-hybridized carbons (Fsp3) is 0.333. The average molecular weight is 490 g/mol. The highest BCUT2D eigenvalue weighted by molar-refractivity contribution is 8.25. The molecule has 2 fully saturated rings. The minimum absolute atomic E-state index is 0.221. The minimum atomic E-state index is -2.79. The lowest BCUT2D eigenvalue weighted by atomic mass is 9.94. The molecule has 2 atom stereocenters. The Bertz CT molecular complexity index is 1040. The van der Waals surface area contributed by atoms with Crippen LogP contribution in [0.1, 0.15) is 25.7 Å². The SMILES string of the molecule is C=C1C[C@H](C(=O)Nc2ccc(Cl)cc2)[C@@H](C(=O)Nc2ccc(N3CCCCS3(O)O)cc2)C1. The van der Waals surface area contributed by atoms with Gasteiger partial charge in [-0.05, 0) is 74.2 Å². The van der Waals surface area contributed by atoms with E-state index in [0.29, 0.717) is 47.2 Å². The molecule has 1 saturated carbocycles. The zero-order chi connectivity index (χ0) is 23.6. The maximum Gasteiger partial charge on any atom is 0.228 e. The molecule has 1 heterocycles. The van der Waals surface area contributed by atoms with E-state index in [2.05, 4.69) is 17.2 Å². The first-order valence-corrected chi connectivity index (χ1v) is 13.0. The molecular weight excluding hydrogens is 462 g/mol. The van der Waals surface area contributed by atoms with E-state index in [1.165, 1.54) is 0 Å². The molecule has 33 heavy (non-hydrogen) atoms. The van der Waals surface area contributed by atoms with E-state index in [4.69, 9.17) is 11.6 Å². The van der Waals surface area contributed by atoms with Gasteiger partial charge in [0.05, 0.1) is 23.3 Å². The van der Waals surface area contributed by atoms with Crippen molar-refractivity contribution in [3.05, 3.63) is 65.7 Å². The molecule has 9 heteroatoms. The number of nitrogens with one attached hydrogen (secondary N) is 2. The van der Waals surface area contributed by atoms with Gasteiger partial charge < -0.3 is 10.6 Å². The summed E-state index contributed by atoms with van der Waals surface area (Å²) in [6.07, 6.45) is 2.62. The third-order valence-corrected chi connectivity index (χ3v) is 8.28. The topological polar surface area (TPSA) is 102 Å². The Balaban J connectivity index is 1.41. The normalized spacial score (nSPS) is 23.1. The number of allylic oxidation sites excluding steroid dienone is 1. The lowest BCUT2D eigenvalue weighted by Gasteiger charge is -2.47. The fourth-order valence-corrected chi connectivity index (χ4v) is 6.18. The van der Waals surface area contributed by atoms with Gasteiger partial charge in [-0.15, -0.1) is 10.8 Å². The van der Waals surface area contributed by atoms with E-state index in [1.807, 2.05) is 0 Å². The zero-order valence-corrected chi connectivity index (χ0v) is 19.7. The van der Waals surface area contributed by atoms with Gasteiger partial charge in [0, 0.05) is 22.9 Å². The molecule has 2 aliphatic rings. The summed E-state index contributed by atoms with van der Waals surface area (Å²) in [7, 11) is -2.79. The first-order chi connectivity index (χ1) is 15.7. The predicted octanol–water partition coefficient (Wildman–Crippen LogP) is 5.77. The van der Waals surface area contributed by atoms with Gasteiger partial charge >= 0.3 is 0 Å². The van der Waals surface area contributed by atoms with Crippen LogP contribution in [-0.4, -0.2) is 33.2 Å². The number of hydrogen-bond acceptors (Lipinski definition) is 5. The molecule has 2 aromatic carbocycles. The summed E-state index contributed by atoms with van der Waals surface area (Å²) in [6.45, 7) is 4.58. The van der Waals surface area contributed by atoms with Gasteiger partial charge in [-0.25, -0.2) is 0 Å². The summed E-state index contributed by atoms with van der Waals surface area (Å²) < 4.78 is 22.3. The summed E-state index contributed by atoms with van der Waals surface area (Å²) in [5.74, 6) is -1.11. The van der Waals surface area contributed by atoms with Crippen LogP contribution in [0.15, 0.2) is 60.7 Å². The molecule has 1 aliphatic heterocycles. The van der Waals surface area contributed by atoms with Gasteiger partial charge in [-0.3, -0.25) is 23.0 Å². The summed E-state index contributed by atoms with van der Waals surface area (Å²) in [5, 5.41) is 6.34. The molecule has 0 aromatic heterocycles. The van der Waals surface area contributed by atoms with Gasteiger partial charge in [0.25, 0.3) is 0 Å². The predicted molar refractivity (Wildman–Crippen MR) is 135 cm³/mol. The Hall–Kier alpha value is -2.52. The molecule has 2 amide bonds. The Morgan fingerprint density at radius 2 is 1.42 bits per heavy atom. The third kappa shape index (κ3) is 5.52. The number of carbonyl (C=O) groups is 2. The van der Waals surface area contributed by atoms with E-state index < -0.39 is 22.6 Å². The number of amides is 2. The number of benzene rings is 2. The molecule has 0 unspecified atom stereocenters. The van der Waals surface area contributed by atoms with Crippen LogP contribution >= 0.6 is 22.4 Å². The molecule has 1 saturated heterocycles. The summed E-state index contributed by atoms with van der Waals surface area (Å²) in [5.41, 5.74) is 2.80. The standard InChI is InChI=1S/C24H28ClN3O4S/c1-16-14-21(23(29)26-18-6-4-17(25)5-7-18)22(15-16)24(30)27-19-8-10-20(11-9-19)28-12-2-3-13-33(28,31)32/h4-11,21-22,31-32H,1-3,12-15H2,(H,26,29)(H,27,30)/t21-,22-/m0/s1. The van der Waals surface area contributed by atoms with Gasteiger partial charge in [0.1, 0.15) is 0 Å². The van der Waals surface area contributed by atoms with Crippen LogP contribution in [0, 0.1) is 11.8 Å². The molecule has 4 N–H and O–H groups in total. The van der Waals surface area contributed by atoms with Crippen LogP contribution in [0.4, 0.5) is 17.1 Å². The number of nitrogens with zero attached hydrogens (tertiary/aromatic N) is 1. The van der Waals surface area contributed by atoms with Crippen LogP contribution in [0.2, 0.25) is 5.02 Å². The maximum atomic E-state index is 13.0. The van der Waals surface area contributed by atoms with Crippen molar-refractivity contribution >= 4 is 51.3 Å². The molecule has 7 nitrogen and oxygen atoms in total. The van der Waals surface area contributed by atoms with Crippen molar-refractivity contribution in [1.29, 1.82) is 0 Å². The van der Waals surface area contributed by atoms with Crippen molar-refractivity contribution in [1.82, 2.24) is 0 Å². The summed E-state index contributed by atoms with van der Waals surface area (Å²) in [6, 6.07) is 13.9. The molecular formula is C24H28ClN3O4S. The van der Waals surface area contributed by atoms with E-state index >= 15 is 0 Å². The Kier molecular flexibility index (Phi) is 6.99. The van der Waals surface area contributed by atoms with E-state index in [1.54, 1.807) is 52.8 Å². The molecule has 0 radical (unpaired) electrons. The smallest absolute Gasteiger partial charge is 0.228 e. The molecule has 4 rings (SSSR count). The number of rotatable bonds is 5. The van der Waals surface area contributed by atoms with Crippen LogP contribution in [0.5, 0.6) is 0 Å². The first-order valence-electron chi connectivity index (χ1n) is 10.9. The number of carbonyl (C=O) groups excluding carboxylic acids is 2. The van der Waals surface area contributed by atoms with Gasteiger partial charge in [0.15, 0.2) is 0 Å². The molecule has 2 aromatic rings. The van der Waals surface area contributed by atoms with Crippen molar-refractivity contribution < 1.29 is 18.7 Å². The van der Waals surface area contributed by atoms with Crippen LogP contribution in [-0.2, 0) is 9.59 Å². The first kappa shape index (κ1) is 23.6. The fourth-order valence-electron chi connectivity index (χ4n) is 4.36. The van der Waals surface area contributed by atoms with Crippen molar-refractivity contribution in [3.63, 3.8) is 0 Å². The Morgan fingerprint density at radius 1 is 0.909 bits per heavy atom. The molecule has 176 valence electrons. The van der Waals surface area contributed by atoms with Crippen LogP contribution < -0.4 is 14.9 Å². The molecule has 1 aliphatic carbocycles. The highest BCUT2D eigenvalue weighted by atomic mass is 35.5. The lowest BCUT2D eigenvalue weighted by Crippen LogP contribution is -2.34. The lowest BCUT2D eigenvalue weighted by molar-refractivity contribution is -0.128. The van der Waals surface area contributed by atoms with E-state index in [9.17, 15) is 18.7 Å². The Labute approximate surface area is 200 Å². The second kappa shape index (κ2) is 9.77. The van der Waals surface area contributed by atoms with Gasteiger partial charge in [-0.2, -0.15) is 0 Å². The monoisotopic (exact) mass is 489 g/mol. The van der Waals surface area contributed by atoms with Gasteiger partial charge in [0.2, 0.25) is 11.8 Å². The Morgan fingerprint density at radius 3 is 1.94 bits per heavy atom. The van der Waals surface area contributed by atoms with Crippen molar-refractivity contribution in [2.75, 3.05) is 27.2 Å². The zero-order valence-electron chi connectivity index (χ0n) is 18.2. The highest BCUT2D eigenvalue weighted by Crippen LogP contribution is 2.49. The van der Waals surface area contributed by atoms with Crippen molar-refractivity contribution in [2.24, 2.45) is 11.8 Å².